The second kappa shape index (κ2) is 5.92. The molecule has 0 saturated carbocycles. The zero-order valence-electron chi connectivity index (χ0n) is 7.83. The second-order valence-electron chi connectivity index (χ2n) is 3.19. The van der Waals surface area contributed by atoms with E-state index in [0.29, 0.717) is 22.0 Å². The Labute approximate surface area is 103 Å². The van der Waals surface area contributed by atoms with Crippen molar-refractivity contribution in [3.05, 3.63) is 33.8 Å². The second-order valence-corrected chi connectivity index (χ2v) is 4.44. The Morgan fingerprint density at radius 1 is 1.07 bits per heavy atom. The third-order valence-electron chi connectivity index (χ3n) is 2.00. The van der Waals surface area contributed by atoms with Crippen LogP contribution in [0.5, 0.6) is 0 Å². The molecule has 0 aliphatic rings. The number of rotatable bonds is 4. The molecule has 0 fully saturated rings. The minimum atomic E-state index is -1.01. The van der Waals surface area contributed by atoms with Crippen molar-refractivity contribution in [2.45, 2.75) is 18.6 Å². The molecule has 1 aromatic carbocycles. The van der Waals surface area contributed by atoms with Gasteiger partial charge in [-0.05, 0) is 30.2 Å². The first-order valence-corrected chi connectivity index (χ1v) is 5.71. The van der Waals surface area contributed by atoms with Gasteiger partial charge < -0.3 is 10.2 Å². The fourth-order valence-electron chi connectivity index (χ4n) is 1.24. The van der Waals surface area contributed by atoms with E-state index in [1.54, 1.807) is 18.2 Å². The third-order valence-corrected chi connectivity index (χ3v) is 2.65. The van der Waals surface area contributed by atoms with Crippen molar-refractivity contribution in [1.82, 2.24) is 0 Å². The number of hydrogen-bond donors (Lipinski definition) is 2. The highest BCUT2D eigenvalue weighted by Crippen LogP contribution is 2.26. The van der Waals surface area contributed by atoms with Crippen LogP contribution >= 0.6 is 34.8 Å². The molecule has 0 radical (unpaired) electrons. The molecule has 5 heteroatoms. The monoisotopic (exact) mass is 268 g/mol. The molecular weight excluding hydrogens is 258 g/mol. The molecule has 2 atom stereocenters. The average molecular weight is 270 g/mol. The molecule has 2 unspecified atom stereocenters. The largest absolute Gasteiger partial charge is 0.390 e. The molecule has 1 rings (SSSR count). The molecule has 0 aromatic heterocycles. The lowest BCUT2D eigenvalue weighted by atomic mass is 10.0. The Morgan fingerprint density at radius 3 is 2.07 bits per heavy atom. The van der Waals surface area contributed by atoms with Crippen LogP contribution in [0.15, 0.2) is 18.2 Å². The molecule has 0 spiro atoms. The van der Waals surface area contributed by atoms with Crippen LogP contribution in [-0.2, 0) is 0 Å². The highest BCUT2D eigenvalue weighted by Gasteiger charge is 2.18. The first-order chi connectivity index (χ1) is 7.04. The van der Waals surface area contributed by atoms with Crippen molar-refractivity contribution in [2.24, 2.45) is 0 Å². The molecule has 2 nitrogen and oxygen atoms in total. The predicted octanol–water partition coefficient (Wildman–Crippen LogP) is 3.02. The van der Waals surface area contributed by atoms with Gasteiger partial charge in [-0.1, -0.05) is 23.2 Å². The molecule has 1 aromatic rings. The van der Waals surface area contributed by atoms with Gasteiger partial charge in [0.1, 0.15) is 6.10 Å². The molecule has 0 heterocycles. The number of halogens is 3. The lowest BCUT2D eigenvalue weighted by Gasteiger charge is -2.17. The Balaban J connectivity index is 2.85. The van der Waals surface area contributed by atoms with Gasteiger partial charge in [0, 0.05) is 15.9 Å². The average Bonchev–Trinajstić information content (AvgIpc) is 2.15. The van der Waals surface area contributed by atoms with Crippen LogP contribution in [0, 0.1) is 0 Å². The van der Waals surface area contributed by atoms with Crippen LogP contribution in [-0.4, -0.2) is 22.2 Å². The summed E-state index contributed by atoms with van der Waals surface area (Å²) < 4.78 is 0. The number of aliphatic hydroxyl groups excluding tert-OH is 2. The normalized spacial score (nSPS) is 15.0. The highest BCUT2D eigenvalue weighted by molar-refractivity contribution is 6.34. The van der Waals surface area contributed by atoms with E-state index >= 15 is 0 Å². The lowest BCUT2D eigenvalue weighted by Crippen LogP contribution is -2.18. The Hall–Kier alpha value is 0.01000. The van der Waals surface area contributed by atoms with Gasteiger partial charge in [-0.3, -0.25) is 0 Å². The zero-order valence-corrected chi connectivity index (χ0v) is 10.1. The summed E-state index contributed by atoms with van der Waals surface area (Å²) in [6.07, 6.45) is -1.61. The van der Waals surface area contributed by atoms with Gasteiger partial charge in [0.2, 0.25) is 0 Å². The van der Waals surface area contributed by atoms with Gasteiger partial charge in [0.05, 0.1) is 6.10 Å². The van der Waals surface area contributed by atoms with E-state index in [1.807, 2.05) is 0 Å². The molecule has 0 saturated heterocycles. The SMILES string of the molecule is OC(CCCl)C(O)c1cc(Cl)cc(Cl)c1. The molecule has 2 N–H and O–H groups in total. The Kier molecular flexibility index (Phi) is 5.16. The molecule has 0 bridgehead atoms. The number of alkyl halides is 1. The van der Waals surface area contributed by atoms with Crippen molar-refractivity contribution in [3.8, 4) is 0 Å². The number of aliphatic hydroxyl groups is 2. The number of benzene rings is 1. The van der Waals surface area contributed by atoms with Crippen molar-refractivity contribution in [3.63, 3.8) is 0 Å². The molecular formula is C10H11Cl3O2. The summed E-state index contributed by atoms with van der Waals surface area (Å²) in [7, 11) is 0. The summed E-state index contributed by atoms with van der Waals surface area (Å²) in [5.41, 5.74) is 0.491. The van der Waals surface area contributed by atoms with Crippen LogP contribution in [0.3, 0.4) is 0 Å². The predicted molar refractivity (Wildman–Crippen MR) is 62.8 cm³/mol. The summed E-state index contributed by atoms with van der Waals surface area (Å²) in [5.74, 6) is 0.284. The molecule has 15 heavy (non-hydrogen) atoms. The summed E-state index contributed by atoms with van der Waals surface area (Å²) in [5, 5.41) is 20.1. The van der Waals surface area contributed by atoms with E-state index in [2.05, 4.69) is 0 Å². The van der Waals surface area contributed by atoms with Gasteiger partial charge in [0.25, 0.3) is 0 Å². The van der Waals surface area contributed by atoms with Crippen LogP contribution in [0.2, 0.25) is 10.0 Å². The van der Waals surface area contributed by atoms with Gasteiger partial charge in [-0.25, -0.2) is 0 Å². The minimum absolute atomic E-state index is 0.284. The van der Waals surface area contributed by atoms with E-state index < -0.39 is 12.2 Å². The topological polar surface area (TPSA) is 40.5 Å². The van der Waals surface area contributed by atoms with Gasteiger partial charge in [-0.2, -0.15) is 0 Å². The lowest BCUT2D eigenvalue weighted by molar-refractivity contribution is 0.0170. The smallest absolute Gasteiger partial charge is 0.105 e. The maximum absolute atomic E-state index is 9.74. The quantitative estimate of drug-likeness (QED) is 0.825. The Bertz CT molecular complexity index is 310. The summed E-state index contributed by atoms with van der Waals surface area (Å²) in [6, 6.07) is 4.69. The summed E-state index contributed by atoms with van der Waals surface area (Å²) in [4.78, 5) is 0. The first kappa shape index (κ1) is 13.1. The van der Waals surface area contributed by atoms with Crippen LogP contribution in [0.1, 0.15) is 18.1 Å². The van der Waals surface area contributed by atoms with E-state index in [-0.39, 0.29) is 5.88 Å². The summed E-state index contributed by atoms with van der Waals surface area (Å²) in [6.45, 7) is 0. The molecule has 0 aliphatic carbocycles. The van der Waals surface area contributed by atoms with Crippen molar-refractivity contribution in [2.75, 3.05) is 5.88 Å². The van der Waals surface area contributed by atoms with Crippen molar-refractivity contribution >= 4 is 34.8 Å². The third kappa shape index (κ3) is 3.82. The Morgan fingerprint density at radius 2 is 1.60 bits per heavy atom. The standard InChI is InChI=1S/C10H11Cl3O2/c11-2-1-9(14)10(15)6-3-7(12)5-8(13)4-6/h3-5,9-10,14-15H,1-2H2. The van der Waals surface area contributed by atoms with E-state index in [0.717, 1.165) is 0 Å². The maximum Gasteiger partial charge on any atom is 0.105 e. The van der Waals surface area contributed by atoms with Crippen molar-refractivity contribution < 1.29 is 10.2 Å². The first-order valence-electron chi connectivity index (χ1n) is 4.42. The van der Waals surface area contributed by atoms with Crippen LogP contribution in [0.4, 0.5) is 0 Å². The fourth-order valence-corrected chi connectivity index (χ4v) is 2.00. The van der Waals surface area contributed by atoms with E-state index in [9.17, 15) is 10.2 Å². The van der Waals surface area contributed by atoms with Gasteiger partial charge in [-0.15, -0.1) is 11.6 Å². The van der Waals surface area contributed by atoms with E-state index in [1.165, 1.54) is 0 Å². The molecule has 0 amide bonds. The van der Waals surface area contributed by atoms with E-state index in [4.69, 9.17) is 34.8 Å². The minimum Gasteiger partial charge on any atom is -0.390 e. The number of hydrogen-bond acceptors (Lipinski definition) is 2. The van der Waals surface area contributed by atoms with Crippen LogP contribution < -0.4 is 0 Å². The van der Waals surface area contributed by atoms with Gasteiger partial charge in [0.15, 0.2) is 0 Å². The maximum atomic E-state index is 9.74. The van der Waals surface area contributed by atoms with Crippen molar-refractivity contribution in [1.29, 1.82) is 0 Å². The zero-order chi connectivity index (χ0) is 11.4. The summed E-state index contributed by atoms with van der Waals surface area (Å²) >= 11 is 17.0. The van der Waals surface area contributed by atoms with Crippen LogP contribution in [0.25, 0.3) is 0 Å². The van der Waals surface area contributed by atoms with Gasteiger partial charge >= 0.3 is 0 Å². The fraction of sp³-hybridized carbons (Fsp3) is 0.400. The highest BCUT2D eigenvalue weighted by atomic mass is 35.5. The molecule has 0 aliphatic heterocycles. The molecule has 84 valence electrons.